The largest absolute Gasteiger partial charge is 0.370 e. The van der Waals surface area contributed by atoms with E-state index in [2.05, 4.69) is 10.3 Å². The number of carbonyl (C=O) groups is 1. The molecule has 0 spiro atoms. The normalized spacial score (nSPS) is 15.4. The summed E-state index contributed by atoms with van der Waals surface area (Å²) in [5, 5.41) is 3.14. The van der Waals surface area contributed by atoms with Crippen LogP contribution in [0.25, 0.3) is 11.7 Å². The van der Waals surface area contributed by atoms with Crippen LogP contribution in [0.15, 0.2) is 58.4 Å². The third kappa shape index (κ3) is 3.88. The number of hydrogen-bond acceptors (Lipinski definition) is 6. The maximum atomic E-state index is 13.2. The minimum Gasteiger partial charge on any atom is -0.370 e. The molecule has 6 nitrogen and oxygen atoms in total. The Hall–Kier alpha value is -2.97. The predicted molar refractivity (Wildman–Crippen MR) is 126 cm³/mol. The van der Waals surface area contributed by atoms with Crippen LogP contribution in [0.5, 0.6) is 0 Å². The topological polar surface area (TPSA) is 66.7 Å². The molecule has 1 saturated heterocycles. The molecular weight excluding hydrogens is 416 g/mol. The van der Waals surface area contributed by atoms with Crippen molar-refractivity contribution in [1.82, 2.24) is 14.3 Å². The molecule has 152 valence electrons. The number of nitrogens with one attached hydrogen (secondary N) is 1. The monoisotopic (exact) mass is 436 g/mol. The van der Waals surface area contributed by atoms with Crippen molar-refractivity contribution in [2.45, 2.75) is 20.4 Å². The third-order valence-corrected chi connectivity index (χ3v) is 6.06. The first kappa shape index (κ1) is 20.3. The molecule has 2 aromatic heterocycles. The Morgan fingerprint density at radius 3 is 2.67 bits per heavy atom. The van der Waals surface area contributed by atoms with E-state index in [4.69, 9.17) is 12.2 Å². The molecule has 30 heavy (non-hydrogen) atoms. The maximum Gasteiger partial charge on any atom is 0.267 e. The van der Waals surface area contributed by atoms with E-state index in [1.807, 2.05) is 50.2 Å². The van der Waals surface area contributed by atoms with Gasteiger partial charge in [-0.05, 0) is 37.1 Å². The number of aromatic nitrogens is 2. The minimum atomic E-state index is -0.229. The van der Waals surface area contributed by atoms with Crippen LogP contribution in [0, 0.1) is 6.92 Å². The number of aryl methyl sites for hydroxylation is 1. The predicted octanol–water partition coefficient (Wildman–Crippen LogP) is 3.84. The van der Waals surface area contributed by atoms with Crippen LogP contribution < -0.4 is 10.9 Å². The van der Waals surface area contributed by atoms with Crippen LogP contribution in [-0.4, -0.2) is 31.1 Å². The SMILES string of the molecule is CCNc1nc2ccc(C)cn2c(=O)c1/C=C1/SC(=S)N(Cc2ccccc2)C1=O. The molecule has 1 aliphatic heterocycles. The minimum absolute atomic E-state index is 0.204. The lowest BCUT2D eigenvalue weighted by atomic mass is 10.2. The van der Waals surface area contributed by atoms with E-state index in [0.717, 1.165) is 11.1 Å². The molecule has 4 rings (SSSR count). The second-order valence-corrected chi connectivity index (χ2v) is 8.57. The number of nitrogens with zero attached hydrogens (tertiary/aromatic N) is 3. The first-order valence-corrected chi connectivity index (χ1v) is 10.8. The molecule has 0 bridgehead atoms. The van der Waals surface area contributed by atoms with Crippen molar-refractivity contribution >= 4 is 51.7 Å². The Labute approximate surface area is 183 Å². The molecule has 0 aliphatic carbocycles. The average molecular weight is 437 g/mol. The van der Waals surface area contributed by atoms with Gasteiger partial charge in [-0.3, -0.25) is 18.9 Å². The van der Waals surface area contributed by atoms with E-state index in [-0.39, 0.29) is 11.5 Å². The van der Waals surface area contributed by atoms with Crippen LogP contribution >= 0.6 is 24.0 Å². The molecule has 0 saturated carbocycles. The molecular formula is C22H20N4O2S2. The summed E-state index contributed by atoms with van der Waals surface area (Å²) in [5.41, 5.74) is 2.61. The second kappa shape index (κ2) is 8.41. The summed E-state index contributed by atoms with van der Waals surface area (Å²) in [6.45, 7) is 4.85. The standard InChI is InChI=1S/C22H20N4O2S2/c1-3-23-19-16(20(27)25-12-14(2)9-10-18(25)24-19)11-17-21(28)26(22(29)30-17)13-15-7-5-4-6-8-15/h4-12,23H,3,13H2,1-2H3/b17-11+. The lowest BCUT2D eigenvalue weighted by Gasteiger charge is -2.14. The number of anilines is 1. The van der Waals surface area contributed by atoms with Gasteiger partial charge >= 0.3 is 0 Å². The molecule has 0 radical (unpaired) electrons. The van der Waals surface area contributed by atoms with Crippen molar-refractivity contribution in [3.8, 4) is 0 Å². The lowest BCUT2D eigenvalue weighted by molar-refractivity contribution is -0.122. The van der Waals surface area contributed by atoms with Gasteiger partial charge in [0.05, 0.1) is 17.0 Å². The summed E-state index contributed by atoms with van der Waals surface area (Å²) in [4.78, 5) is 32.8. The van der Waals surface area contributed by atoms with Crippen LogP contribution in [0.3, 0.4) is 0 Å². The van der Waals surface area contributed by atoms with Gasteiger partial charge < -0.3 is 5.32 Å². The molecule has 0 atom stereocenters. The van der Waals surface area contributed by atoms with Crippen LogP contribution in [0.4, 0.5) is 5.82 Å². The number of hydrogen-bond donors (Lipinski definition) is 1. The molecule has 0 unspecified atom stereocenters. The van der Waals surface area contributed by atoms with E-state index in [1.165, 1.54) is 16.2 Å². The van der Waals surface area contributed by atoms with Gasteiger partial charge in [-0.25, -0.2) is 4.98 Å². The maximum absolute atomic E-state index is 13.2. The van der Waals surface area contributed by atoms with Gasteiger partial charge in [0.1, 0.15) is 15.8 Å². The summed E-state index contributed by atoms with van der Waals surface area (Å²) in [5.74, 6) is 0.254. The Morgan fingerprint density at radius 2 is 1.93 bits per heavy atom. The molecule has 1 fully saturated rings. The highest BCUT2D eigenvalue weighted by Crippen LogP contribution is 2.34. The van der Waals surface area contributed by atoms with Gasteiger partial charge in [0.15, 0.2) is 0 Å². The van der Waals surface area contributed by atoms with Gasteiger partial charge in [-0.1, -0.05) is 60.4 Å². The van der Waals surface area contributed by atoms with Crippen LogP contribution in [-0.2, 0) is 11.3 Å². The summed E-state index contributed by atoms with van der Waals surface area (Å²) in [6, 6.07) is 13.4. The Kier molecular flexibility index (Phi) is 5.69. The van der Waals surface area contributed by atoms with Crippen LogP contribution in [0.2, 0.25) is 0 Å². The molecule has 1 amide bonds. The average Bonchev–Trinajstić information content (AvgIpc) is 3.00. The molecule has 1 aromatic carbocycles. The number of thioether (sulfide) groups is 1. The van der Waals surface area contributed by atoms with E-state index in [0.29, 0.717) is 39.3 Å². The number of carbonyl (C=O) groups excluding carboxylic acids is 1. The van der Waals surface area contributed by atoms with E-state index >= 15 is 0 Å². The molecule has 8 heteroatoms. The number of benzene rings is 1. The molecule has 1 N–H and O–H groups in total. The zero-order chi connectivity index (χ0) is 21.3. The number of rotatable bonds is 5. The summed E-state index contributed by atoms with van der Waals surface area (Å²) in [6.07, 6.45) is 3.35. The summed E-state index contributed by atoms with van der Waals surface area (Å²) in [7, 11) is 0. The fraction of sp³-hybridized carbons (Fsp3) is 0.182. The summed E-state index contributed by atoms with van der Waals surface area (Å²) < 4.78 is 1.98. The number of pyridine rings is 1. The quantitative estimate of drug-likeness (QED) is 0.484. The van der Waals surface area contributed by atoms with Crippen molar-refractivity contribution < 1.29 is 4.79 Å². The number of fused-ring (bicyclic) bond motifs is 1. The van der Waals surface area contributed by atoms with E-state index < -0.39 is 0 Å². The van der Waals surface area contributed by atoms with Crippen LogP contribution in [0.1, 0.15) is 23.6 Å². The third-order valence-electron chi connectivity index (χ3n) is 4.68. The van der Waals surface area contributed by atoms with Crippen molar-refractivity contribution in [1.29, 1.82) is 0 Å². The Bertz CT molecular complexity index is 1240. The zero-order valence-electron chi connectivity index (χ0n) is 16.6. The highest BCUT2D eigenvalue weighted by molar-refractivity contribution is 8.26. The zero-order valence-corrected chi connectivity index (χ0v) is 18.2. The van der Waals surface area contributed by atoms with Gasteiger partial charge in [0.25, 0.3) is 11.5 Å². The van der Waals surface area contributed by atoms with Crippen molar-refractivity contribution in [2.75, 3.05) is 11.9 Å². The van der Waals surface area contributed by atoms with Gasteiger partial charge in [0, 0.05) is 12.7 Å². The first-order chi connectivity index (χ1) is 14.5. The number of thiocarbonyl (C=S) groups is 1. The molecule has 3 heterocycles. The Balaban J connectivity index is 1.76. The fourth-order valence-electron chi connectivity index (χ4n) is 3.22. The van der Waals surface area contributed by atoms with Crippen molar-refractivity contribution in [2.24, 2.45) is 0 Å². The van der Waals surface area contributed by atoms with Crippen molar-refractivity contribution in [3.63, 3.8) is 0 Å². The van der Waals surface area contributed by atoms with E-state index in [9.17, 15) is 9.59 Å². The van der Waals surface area contributed by atoms with Gasteiger partial charge in [0.2, 0.25) is 0 Å². The summed E-state index contributed by atoms with van der Waals surface area (Å²) >= 11 is 6.64. The smallest absolute Gasteiger partial charge is 0.267 e. The molecule has 1 aliphatic rings. The lowest BCUT2D eigenvalue weighted by Crippen LogP contribution is -2.27. The highest BCUT2D eigenvalue weighted by Gasteiger charge is 2.32. The first-order valence-electron chi connectivity index (χ1n) is 9.54. The van der Waals surface area contributed by atoms with Gasteiger partial charge in [-0.15, -0.1) is 0 Å². The van der Waals surface area contributed by atoms with Gasteiger partial charge in [-0.2, -0.15) is 0 Å². The van der Waals surface area contributed by atoms with E-state index in [1.54, 1.807) is 23.2 Å². The number of amides is 1. The van der Waals surface area contributed by atoms with Crippen molar-refractivity contribution in [3.05, 3.63) is 80.6 Å². The fourth-order valence-corrected chi connectivity index (χ4v) is 4.46. The second-order valence-electron chi connectivity index (χ2n) is 6.90. The molecule has 3 aromatic rings. The highest BCUT2D eigenvalue weighted by atomic mass is 32.2. The Morgan fingerprint density at radius 1 is 1.17 bits per heavy atom.